The van der Waals surface area contributed by atoms with Gasteiger partial charge in [0.25, 0.3) is 0 Å². The van der Waals surface area contributed by atoms with E-state index in [1.54, 1.807) is 4.72 Å². The van der Waals surface area contributed by atoms with Crippen LogP contribution >= 0.6 is 0 Å². The molecule has 1 aliphatic carbocycles. The van der Waals surface area contributed by atoms with Crippen LogP contribution in [0.5, 0.6) is 5.75 Å². The van der Waals surface area contributed by atoms with Gasteiger partial charge in [0.15, 0.2) is 0 Å². The molecule has 1 amide bonds. The fourth-order valence-corrected chi connectivity index (χ4v) is 7.01. The highest BCUT2D eigenvalue weighted by Crippen LogP contribution is 2.32. The lowest BCUT2D eigenvalue weighted by Gasteiger charge is -2.30. The van der Waals surface area contributed by atoms with Crippen LogP contribution < -0.4 is 14.8 Å². The normalized spacial score (nSPS) is 20.5. The van der Waals surface area contributed by atoms with Gasteiger partial charge < -0.3 is 10.1 Å². The second kappa shape index (κ2) is 11.5. The average molecular weight is 566 g/mol. The molecular formula is C28H34F3N3O4S. The van der Waals surface area contributed by atoms with Gasteiger partial charge in [0.05, 0.1) is 24.0 Å². The van der Waals surface area contributed by atoms with Crippen LogP contribution in [0.3, 0.4) is 0 Å². The van der Waals surface area contributed by atoms with Crippen LogP contribution in [0.1, 0.15) is 66.8 Å². The van der Waals surface area contributed by atoms with Crippen LogP contribution in [-0.4, -0.2) is 51.1 Å². The van der Waals surface area contributed by atoms with Crippen molar-refractivity contribution in [3.8, 4) is 5.75 Å². The van der Waals surface area contributed by atoms with Gasteiger partial charge in [0.1, 0.15) is 11.8 Å². The van der Waals surface area contributed by atoms with Crippen LogP contribution in [0.2, 0.25) is 0 Å². The first-order valence-electron chi connectivity index (χ1n) is 13.6. The number of nitrogens with one attached hydrogen (secondary N) is 2. The molecule has 11 heteroatoms. The number of rotatable bonds is 8. The molecule has 39 heavy (non-hydrogen) atoms. The van der Waals surface area contributed by atoms with Crippen molar-refractivity contribution in [2.75, 3.05) is 19.7 Å². The molecule has 0 aromatic heterocycles. The third kappa shape index (κ3) is 6.75. The van der Waals surface area contributed by atoms with Gasteiger partial charge in [-0.15, -0.1) is 0 Å². The van der Waals surface area contributed by atoms with Crippen LogP contribution in [0, 0.1) is 0 Å². The highest BCUT2D eigenvalue weighted by molar-refractivity contribution is 7.89. The van der Waals surface area contributed by atoms with Crippen LogP contribution in [0.25, 0.3) is 0 Å². The lowest BCUT2D eigenvalue weighted by Crippen LogP contribution is -2.48. The lowest BCUT2D eigenvalue weighted by atomic mass is 9.86. The van der Waals surface area contributed by atoms with Gasteiger partial charge >= 0.3 is 6.18 Å². The van der Waals surface area contributed by atoms with Crippen LogP contribution in [0.4, 0.5) is 13.2 Å². The van der Waals surface area contributed by atoms with E-state index in [1.165, 1.54) is 43.0 Å². The van der Waals surface area contributed by atoms with E-state index < -0.39 is 40.6 Å². The van der Waals surface area contributed by atoms with Gasteiger partial charge in [-0.2, -0.15) is 17.9 Å². The molecule has 1 saturated heterocycles. The van der Waals surface area contributed by atoms with Crippen molar-refractivity contribution in [1.82, 2.24) is 14.9 Å². The van der Waals surface area contributed by atoms with Crippen LogP contribution in [-0.2, 0) is 34.2 Å². The summed E-state index contributed by atoms with van der Waals surface area (Å²) in [4.78, 5) is 15.0. The van der Waals surface area contributed by atoms with E-state index >= 15 is 0 Å². The number of likely N-dealkylation sites (tertiary alicyclic amines) is 1. The predicted molar refractivity (Wildman–Crippen MR) is 140 cm³/mol. The Labute approximate surface area is 227 Å². The summed E-state index contributed by atoms with van der Waals surface area (Å²) in [6.07, 6.45) is 0.438. The average Bonchev–Trinajstić information content (AvgIpc) is 3.36. The predicted octanol–water partition coefficient (Wildman–Crippen LogP) is 4.40. The second-order valence-corrected chi connectivity index (χ2v) is 12.4. The Morgan fingerprint density at radius 2 is 1.82 bits per heavy atom. The first kappa shape index (κ1) is 27.9. The molecule has 2 aromatic carbocycles. The molecule has 0 unspecified atom stereocenters. The minimum atomic E-state index is -4.95. The number of alkyl halides is 3. The molecule has 1 fully saturated rings. The Morgan fingerprint density at radius 3 is 2.59 bits per heavy atom. The minimum Gasteiger partial charge on any atom is -0.493 e. The summed E-state index contributed by atoms with van der Waals surface area (Å²) in [5.41, 5.74) is 3.85. The monoisotopic (exact) mass is 565 g/mol. The van der Waals surface area contributed by atoms with Crippen molar-refractivity contribution in [1.29, 1.82) is 0 Å². The standard InChI is InChI=1S/C28H34F3N3O4S/c29-28(30,31)26(33-39(36,37)22-8-10-25-21(16-22)11-14-38-25)17-27(35)32-24-6-4-5-20-15-19(7-9-23(20)24)18-34-12-2-1-3-13-34/h7-10,15-16,24,26,33H,1-6,11-14,17-18H2,(H,32,35)/t24-,26+/m1/s1. The number of halogens is 3. The first-order chi connectivity index (χ1) is 18.6. The molecule has 212 valence electrons. The third-order valence-electron chi connectivity index (χ3n) is 7.77. The summed E-state index contributed by atoms with van der Waals surface area (Å²) >= 11 is 0. The quantitative estimate of drug-likeness (QED) is 0.496. The molecule has 0 bridgehead atoms. The number of sulfonamides is 1. The molecule has 2 heterocycles. The number of piperidine rings is 1. The Bertz CT molecular complexity index is 1310. The summed E-state index contributed by atoms with van der Waals surface area (Å²) in [7, 11) is -4.52. The smallest absolute Gasteiger partial charge is 0.405 e. The number of aryl methyl sites for hydroxylation is 1. The number of ether oxygens (including phenoxy) is 1. The summed E-state index contributed by atoms with van der Waals surface area (Å²) in [5.74, 6) is -0.329. The molecule has 2 aromatic rings. The topological polar surface area (TPSA) is 87.7 Å². The van der Waals surface area contributed by atoms with Gasteiger partial charge in [-0.25, -0.2) is 8.42 Å². The highest BCUT2D eigenvalue weighted by Gasteiger charge is 2.44. The number of benzene rings is 2. The van der Waals surface area contributed by atoms with Gasteiger partial charge in [-0.1, -0.05) is 24.6 Å². The van der Waals surface area contributed by atoms with E-state index in [9.17, 15) is 26.4 Å². The summed E-state index contributed by atoms with van der Waals surface area (Å²) in [5, 5.41) is 2.74. The van der Waals surface area contributed by atoms with Gasteiger partial charge in [-0.05, 0) is 85.6 Å². The molecule has 0 spiro atoms. The lowest BCUT2D eigenvalue weighted by molar-refractivity contribution is -0.158. The van der Waals surface area contributed by atoms with E-state index in [0.29, 0.717) is 30.8 Å². The molecule has 2 atom stereocenters. The molecular weight excluding hydrogens is 531 g/mol. The van der Waals surface area contributed by atoms with E-state index in [0.717, 1.165) is 43.6 Å². The zero-order chi connectivity index (χ0) is 27.6. The van der Waals surface area contributed by atoms with E-state index in [1.807, 2.05) is 12.1 Å². The zero-order valence-corrected chi connectivity index (χ0v) is 22.5. The molecule has 0 radical (unpaired) electrons. The summed E-state index contributed by atoms with van der Waals surface area (Å²) < 4.78 is 74.3. The second-order valence-electron chi connectivity index (χ2n) is 10.7. The zero-order valence-electron chi connectivity index (χ0n) is 21.7. The maximum Gasteiger partial charge on any atom is 0.405 e. The molecule has 2 aliphatic heterocycles. The number of carbonyl (C=O) groups excluding carboxylic acids is 1. The van der Waals surface area contributed by atoms with E-state index in [-0.39, 0.29) is 4.90 Å². The Hall–Kier alpha value is -2.63. The fraction of sp³-hybridized carbons (Fsp3) is 0.536. The van der Waals surface area contributed by atoms with Crippen molar-refractivity contribution in [2.45, 2.75) is 81.1 Å². The van der Waals surface area contributed by atoms with E-state index in [4.69, 9.17) is 4.74 Å². The summed E-state index contributed by atoms with van der Waals surface area (Å²) in [6.45, 7) is 3.43. The number of carbonyl (C=O) groups is 1. The van der Waals surface area contributed by atoms with Crippen molar-refractivity contribution < 1.29 is 31.1 Å². The first-order valence-corrected chi connectivity index (χ1v) is 15.0. The molecule has 7 nitrogen and oxygen atoms in total. The minimum absolute atomic E-state index is 0.289. The number of amides is 1. The Balaban J connectivity index is 1.25. The number of hydrogen-bond acceptors (Lipinski definition) is 5. The van der Waals surface area contributed by atoms with Crippen molar-refractivity contribution in [3.05, 3.63) is 58.7 Å². The number of nitrogens with zero attached hydrogens (tertiary/aromatic N) is 1. The van der Waals surface area contributed by atoms with Gasteiger partial charge in [0.2, 0.25) is 15.9 Å². The molecule has 2 N–H and O–H groups in total. The van der Waals surface area contributed by atoms with Crippen molar-refractivity contribution in [3.63, 3.8) is 0 Å². The fourth-order valence-electron chi connectivity index (χ4n) is 5.74. The molecule has 5 rings (SSSR count). The Kier molecular flexibility index (Phi) is 8.21. The molecule has 3 aliphatic rings. The van der Waals surface area contributed by atoms with E-state index in [2.05, 4.69) is 16.3 Å². The van der Waals surface area contributed by atoms with Crippen molar-refractivity contribution in [2.24, 2.45) is 0 Å². The number of fused-ring (bicyclic) bond motifs is 2. The maximum atomic E-state index is 13.9. The van der Waals surface area contributed by atoms with Crippen LogP contribution in [0.15, 0.2) is 41.3 Å². The van der Waals surface area contributed by atoms with Crippen molar-refractivity contribution >= 4 is 15.9 Å². The number of hydrogen-bond donors (Lipinski definition) is 2. The Morgan fingerprint density at radius 1 is 1.03 bits per heavy atom. The SMILES string of the molecule is O=C(C[C@H](NS(=O)(=O)c1ccc2c(c1)CCO2)C(F)(F)F)N[C@@H]1CCCc2cc(CN3CCCCC3)ccc21. The maximum absolute atomic E-state index is 13.9. The third-order valence-corrected chi connectivity index (χ3v) is 9.23. The summed E-state index contributed by atoms with van der Waals surface area (Å²) in [6, 6.07) is 7.15. The highest BCUT2D eigenvalue weighted by atomic mass is 32.2. The largest absolute Gasteiger partial charge is 0.493 e. The van der Waals surface area contributed by atoms with Gasteiger partial charge in [-0.3, -0.25) is 9.69 Å². The van der Waals surface area contributed by atoms with Gasteiger partial charge in [0, 0.05) is 13.0 Å². The molecule has 0 saturated carbocycles.